The Bertz CT molecular complexity index is 704. The molecule has 1 amide bonds. The van der Waals surface area contributed by atoms with Gasteiger partial charge >= 0.3 is 0 Å². The summed E-state index contributed by atoms with van der Waals surface area (Å²) < 4.78 is 18.9. The second kappa shape index (κ2) is 6.86. The summed E-state index contributed by atoms with van der Waals surface area (Å²) in [5.41, 5.74) is 0. The highest BCUT2D eigenvalue weighted by Crippen LogP contribution is 2.19. The van der Waals surface area contributed by atoms with Crippen LogP contribution in [0.15, 0.2) is 29.0 Å². The number of hydrogen-bond acceptors (Lipinski definition) is 6. The van der Waals surface area contributed by atoms with Gasteiger partial charge in [0.05, 0.1) is 12.5 Å². The molecule has 7 nitrogen and oxygen atoms in total. The fourth-order valence-electron chi connectivity index (χ4n) is 2.69. The van der Waals surface area contributed by atoms with E-state index in [1.54, 1.807) is 36.0 Å². The maximum Gasteiger partial charge on any atom is 0.289 e. The molecule has 0 unspecified atom stereocenters. The van der Waals surface area contributed by atoms with Crippen LogP contribution in [0.3, 0.4) is 0 Å². The summed E-state index contributed by atoms with van der Waals surface area (Å²) in [4.78, 5) is 26.1. The van der Waals surface area contributed by atoms with Crippen molar-refractivity contribution in [1.29, 1.82) is 0 Å². The van der Waals surface area contributed by atoms with E-state index in [9.17, 15) is 9.18 Å². The third kappa shape index (κ3) is 3.32. The van der Waals surface area contributed by atoms with Gasteiger partial charge in [-0.1, -0.05) is 0 Å². The van der Waals surface area contributed by atoms with Gasteiger partial charge in [0.15, 0.2) is 17.4 Å². The molecule has 2 aromatic heterocycles. The van der Waals surface area contributed by atoms with Crippen LogP contribution in [-0.2, 0) is 0 Å². The van der Waals surface area contributed by atoms with Crippen molar-refractivity contribution in [2.24, 2.45) is 0 Å². The summed E-state index contributed by atoms with van der Waals surface area (Å²) >= 11 is 0. The number of carbonyl (C=O) groups is 1. The van der Waals surface area contributed by atoms with E-state index in [4.69, 9.17) is 4.42 Å². The Morgan fingerprint density at radius 2 is 2.12 bits per heavy atom. The zero-order valence-corrected chi connectivity index (χ0v) is 13.8. The number of aromatic nitrogens is 2. The van der Waals surface area contributed by atoms with Crippen LogP contribution in [0.4, 0.5) is 16.2 Å². The van der Waals surface area contributed by atoms with Crippen molar-refractivity contribution in [3.05, 3.63) is 36.2 Å². The van der Waals surface area contributed by atoms with E-state index in [2.05, 4.69) is 9.97 Å². The number of rotatable bonds is 3. The number of halogens is 1. The van der Waals surface area contributed by atoms with Crippen molar-refractivity contribution >= 4 is 17.7 Å². The number of anilines is 2. The Morgan fingerprint density at radius 1 is 1.29 bits per heavy atom. The van der Waals surface area contributed by atoms with Crippen molar-refractivity contribution in [2.45, 2.75) is 6.42 Å². The smallest absolute Gasteiger partial charge is 0.289 e. The van der Waals surface area contributed by atoms with Gasteiger partial charge in [0, 0.05) is 40.3 Å². The van der Waals surface area contributed by atoms with E-state index in [1.165, 1.54) is 12.5 Å². The summed E-state index contributed by atoms with van der Waals surface area (Å²) in [6.07, 6.45) is 3.46. The minimum Gasteiger partial charge on any atom is -0.459 e. The summed E-state index contributed by atoms with van der Waals surface area (Å²) in [5, 5.41) is 0. The molecule has 0 aliphatic carbocycles. The molecule has 1 fully saturated rings. The van der Waals surface area contributed by atoms with Crippen molar-refractivity contribution in [3.63, 3.8) is 0 Å². The lowest BCUT2D eigenvalue weighted by molar-refractivity contribution is 0.0735. The van der Waals surface area contributed by atoms with Gasteiger partial charge in [-0.3, -0.25) is 4.79 Å². The normalized spacial score (nSPS) is 15.3. The van der Waals surface area contributed by atoms with E-state index in [0.29, 0.717) is 37.9 Å². The first-order valence-electron chi connectivity index (χ1n) is 7.84. The van der Waals surface area contributed by atoms with Crippen LogP contribution in [-0.4, -0.2) is 61.0 Å². The van der Waals surface area contributed by atoms with E-state index in [1.807, 2.05) is 4.90 Å². The second-order valence-electron chi connectivity index (χ2n) is 5.85. The average molecular weight is 333 g/mol. The molecular formula is C16H20FN5O2. The first-order valence-corrected chi connectivity index (χ1v) is 7.84. The second-order valence-corrected chi connectivity index (χ2v) is 5.85. The standard InChI is InChI=1S/C16H20FN5O2/c1-20(2)14-12(17)11-18-16(19-14)22-7-4-6-21(8-9-22)15(23)13-5-3-10-24-13/h3,5,10-11H,4,6-9H2,1-2H3. The van der Waals surface area contributed by atoms with Gasteiger partial charge in [-0.2, -0.15) is 4.98 Å². The van der Waals surface area contributed by atoms with Crippen molar-refractivity contribution in [2.75, 3.05) is 50.1 Å². The summed E-state index contributed by atoms with van der Waals surface area (Å²) in [6, 6.07) is 3.37. The minimum atomic E-state index is -0.451. The summed E-state index contributed by atoms with van der Waals surface area (Å²) in [6.45, 7) is 2.47. The van der Waals surface area contributed by atoms with Gasteiger partial charge in [0.2, 0.25) is 5.95 Å². The van der Waals surface area contributed by atoms with Crippen LogP contribution in [0.1, 0.15) is 17.0 Å². The molecule has 0 spiro atoms. The van der Waals surface area contributed by atoms with Crippen LogP contribution < -0.4 is 9.80 Å². The lowest BCUT2D eigenvalue weighted by Gasteiger charge is -2.22. The lowest BCUT2D eigenvalue weighted by Crippen LogP contribution is -2.35. The maximum absolute atomic E-state index is 13.7. The first-order chi connectivity index (χ1) is 11.6. The number of furan rings is 1. The predicted octanol–water partition coefficient (Wildman–Crippen LogP) is 1.63. The van der Waals surface area contributed by atoms with Gasteiger partial charge < -0.3 is 19.1 Å². The molecule has 0 radical (unpaired) electrons. The molecule has 0 N–H and O–H groups in total. The van der Waals surface area contributed by atoms with Crippen LogP contribution >= 0.6 is 0 Å². The number of carbonyl (C=O) groups excluding carboxylic acids is 1. The predicted molar refractivity (Wildman–Crippen MR) is 87.8 cm³/mol. The number of amides is 1. The minimum absolute atomic E-state index is 0.115. The molecule has 2 aromatic rings. The van der Waals surface area contributed by atoms with Gasteiger partial charge in [0.1, 0.15) is 0 Å². The van der Waals surface area contributed by atoms with Gasteiger partial charge in [-0.15, -0.1) is 0 Å². The Hall–Kier alpha value is -2.64. The molecule has 1 aliphatic rings. The monoisotopic (exact) mass is 333 g/mol. The van der Waals surface area contributed by atoms with E-state index < -0.39 is 5.82 Å². The Kier molecular flexibility index (Phi) is 4.64. The molecule has 3 rings (SSSR count). The number of hydrogen-bond donors (Lipinski definition) is 0. The van der Waals surface area contributed by atoms with Gasteiger partial charge in [-0.05, 0) is 18.6 Å². The quantitative estimate of drug-likeness (QED) is 0.850. The molecule has 1 saturated heterocycles. The summed E-state index contributed by atoms with van der Waals surface area (Å²) in [5.74, 6) is 0.514. The molecule has 0 aromatic carbocycles. The zero-order valence-electron chi connectivity index (χ0n) is 13.8. The Morgan fingerprint density at radius 3 is 2.83 bits per heavy atom. The molecule has 0 saturated carbocycles. The Labute approximate surface area is 139 Å². The number of nitrogens with zero attached hydrogens (tertiary/aromatic N) is 5. The topological polar surface area (TPSA) is 65.7 Å². The van der Waals surface area contributed by atoms with E-state index in [-0.39, 0.29) is 11.7 Å². The third-order valence-corrected chi connectivity index (χ3v) is 3.93. The first kappa shape index (κ1) is 16.2. The lowest BCUT2D eigenvalue weighted by atomic mass is 10.3. The third-order valence-electron chi connectivity index (χ3n) is 3.93. The highest BCUT2D eigenvalue weighted by Gasteiger charge is 2.23. The molecule has 8 heteroatoms. The van der Waals surface area contributed by atoms with Crippen molar-refractivity contribution in [3.8, 4) is 0 Å². The zero-order chi connectivity index (χ0) is 17.1. The molecular weight excluding hydrogens is 313 g/mol. The van der Waals surface area contributed by atoms with Crippen LogP contribution in [0, 0.1) is 5.82 Å². The van der Waals surface area contributed by atoms with Crippen molar-refractivity contribution in [1.82, 2.24) is 14.9 Å². The van der Waals surface area contributed by atoms with Crippen LogP contribution in [0.25, 0.3) is 0 Å². The highest BCUT2D eigenvalue weighted by atomic mass is 19.1. The fraction of sp³-hybridized carbons (Fsp3) is 0.438. The fourth-order valence-corrected chi connectivity index (χ4v) is 2.69. The summed E-state index contributed by atoms with van der Waals surface area (Å²) in [7, 11) is 3.47. The molecule has 128 valence electrons. The SMILES string of the molecule is CN(C)c1nc(N2CCCN(C(=O)c3ccco3)CC2)ncc1F. The van der Waals surface area contributed by atoms with Crippen LogP contribution in [0.2, 0.25) is 0 Å². The van der Waals surface area contributed by atoms with E-state index >= 15 is 0 Å². The van der Waals surface area contributed by atoms with Crippen molar-refractivity contribution < 1.29 is 13.6 Å². The molecule has 0 atom stereocenters. The molecule has 0 bridgehead atoms. The van der Waals surface area contributed by atoms with Crippen LogP contribution in [0.5, 0.6) is 0 Å². The van der Waals surface area contributed by atoms with Gasteiger partial charge in [-0.25, -0.2) is 9.37 Å². The largest absolute Gasteiger partial charge is 0.459 e. The maximum atomic E-state index is 13.7. The Balaban J connectivity index is 1.72. The van der Waals surface area contributed by atoms with E-state index in [0.717, 1.165) is 6.42 Å². The average Bonchev–Trinajstić information content (AvgIpc) is 2.99. The highest BCUT2D eigenvalue weighted by molar-refractivity contribution is 5.91. The molecule has 3 heterocycles. The molecule has 24 heavy (non-hydrogen) atoms. The van der Waals surface area contributed by atoms with Gasteiger partial charge in [0.25, 0.3) is 5.91 Å². The molecule has 1 aliphatic heterocycles.